The molecule has 26 heavy (non-hydrogen) atoms. The summed E-state index contributed by atoms with van der Waals surface area (Å²) in [6, 6.07) is 8.21. The summed E-state index contributed by atoms with van der Waals surface area (Å²) in [6.07, 6.45) is 1.71. The Morgan fingerprint density at radius 2 is 1.88 bits per heavy atom. The lowest BCUT2D eigenvalue weighted by atomic mass is 9.91. The zero-order valence-corrected chi connectivity index (χ0v) is 13.8. The Morgan fingerprint density at radius 1 is 1.15 bits per heavy atom. The van der Waals surface area contributed by atoms with E-state index in [9.17, 15) is 19.1 Å². The summed E-state index contributed by atoms with van der Waals surface area (Å²) >= 11 is 0. The van der Waals surface area contributed by atoms with Crippen LogP contribution >= 0.6 is 0 Å². The summed E-state index contributed by atoms with van der Waals surface area (Å²) in [5.74, 6) is -2.05. The molecule has 8 heteroatoms. The van der Waals surface area contributed by atoms with E-state index >= 15 is 0 Å². The summed E-state index contributed by atoms with van der Waals surface area (Å²) in [6.45, 7) is 0.634. The van der Waals surface area contributed by atoms with Crippen LogP contribution in [0.5, 0.6) is 5.75 Å². The van der Waals surface area contributed by atoms with Gasteiger partial charge in [-0.25, -0.2) is 19.0 Å². The first-order chi connectivity index (χ1) is 12.4. The van der Waals surface area contributed by atoms with Crippen LogP contribution in [0.25, 0.3) is 0 Å². The second-order valence-electron chi connectivity index (χ2n) is 6.05. The molecule has 0 unspecified atom stereocenters. The monoisotopic (exact) mass is 360 g/mol. The van der Waals surface area contributed by atoms with E-state index in [2.05, 4.69) is 4.98 Å². The van der Waals surface area contributed by atoms with Gasteiger partial charge in [0.15, 0.2) is 0 Å². The Morgan fingerprint density at radius 3 is 2.50 bits per heavy atom. The van der Waals surface area contributed by atoms with Gasteiger partial charge in [0.1, 0.15) is 17.4 Å². The number of halogens is 1. The van der Waals surface area contributed by atoms with Gasteiger partial charge in [0.2, 0.25) is 5.60 Å². The Bertz CT molecular complexity index is 834. The lowest BCUT2D eigenvalue weighted by molar-refractivity contribution is -0.157. The van der Waals surface area contributed by atoms with Crippen molar-refractivity contribution in [2.24, 2.45) is 0 Å². The number of carboxylic acid groups (broad SMARTS) is 2. The van der Waals surface area contributed by atoms with Crippen molar-refractivity contribution < 1.29 is 28.9 Å². The van der Waals surface area contributed by atoms with Crippen molar-refractivity contribution in [3.63, 3.8) is 0 Å². The molecule has 1 aliphatic rings. The molecule has 1 saturated heterocycles. The number of aliphatic carboxylic acids is 1. The van der Waals surface area contributed by atoms with Gasteiger partial charge in [-0.15, -0.1) is 0 Å². The summed E-state index contributed by atoms with van der Waals surface area (Å²) < 4.78 is 19.0. The van der Waals surface area contributed by atoms with E-state index in [1.165, 1.54) is 36.5 Å². The Hall–Kier alpha value is -3.16. The molecule has 0 atom stereocenters. The highest BCUT2D eigenvalue weighted by molar-refractivity contribution is 5.88. The van der Waals surface area contributed by atoms with Crippen molar-refractivity contribution >= 4 is 17.8 Å². The number of rotatable bonds is 5. The Kier molecular flexibility index (Phi) is 4.75. The SMILES string of the molecule is O=C(O)c1ccnc(N2CCC(Oc3cccc(F)c3)(C(=O)O)CC2)c1. The first-order valence-electron chi connectivity index (χ1n) is 8.02. The lowest BCUT2D eigenvalue weighted by Gasteiger charge is -2.39. The van der Waals surface area contributed by atoms with Gasteiger partial charge in [-0.3, -0.25) is 0 Å². The van der Waals surface area contributed by atoms with Crippen LogP contribution in [0.2, 0.25) is 0 Å². The first-order valence-corrected chi connectivity index (χ1v) is 8.02. The Labute approximate surface area is 148 Å². The molecular formula is C18H17FN2O5. The highest BCUT2D eigenvalue weighted by Crippen LogP contribution is 2.31. The third kappa shape index (κ3) is 3.58. The molecule has 1 aromatic heterocycles. The van der Waals surface area contributed by atoms with Crippen LogP contribution in [-0.4, -0.2) is 45.8 Å². The summed E-state index contributed by atoms with van der Waals surface area (Å²) in [7, 11) is 0. The fraction of sp³-hybridized carbons (Fsp3) is 0.278. The van der Waals surface area contributed by atoms with Crippen LogP contribution < -0.4 is 9.64 Å². The second-order valence-corrected chi connectivity index (χ2v) is 6.05. The normalized spacial score (nSPS) is 16.1. The summed E-state index contributed by atoms with van der Waals surface area (Å²) in [5.41, 5.74) is -1.35. The number of pyridine rings is 1. The van der Waals surface area contributed by atoms with E-state index in [0.29, 0.717) is 18.9 Å². The van der Waals surface area contributed by atoms with Gasteiger partial charge in [-0.1, -0.05) is 6.07 Å². The minimum absolute atomic E-state index is 0.112. The van der Waals surface area contributed by atoms with E-state index in [0.717, 1.165) is 6.07 Å². The topological polar surface area (TPSA) is 100.0 Å². The standard InChI is InChI=1S/C18H17FN2O5/c19-13-2-1-3-14(11-13)26-18(17(24)25)5-8-21(9-6-18)15-10-12(16(22)23)4-7-20-15/h1-4,7,10-11H,5-6,8-9H2,(H,22,23)(H,24,25). The molecule has 7 nitrogen and oxygen atoms in total. The minimum Gasteiger partial charge on any atom is -0.478 e. The number of carbonyl (C=O) groups is 2. The van der Waals surface area contributed by atoms with Crippen molar-refractivity contribution in [3.05, 3.63) is 54.0 Å². The number of aromatic carboxylic acids is 1. The fourth-order valence-corrected chi connectivity index (χ4v) is 2.94. The number of carboxylic acids is 2. The van der Waals surface area contributed by atoms with Crippen LogP contribution in [0.3, 0.4) is 0 Å². The number of ether oxygens (including phenoxy) is 1. The number of anilines is 1. The molecule has 3 rings (SSSR count). The van der Waals surface area contributed by atoms with Gasteiger partial charge in [-0.05, 0) is 24.3 Å². The van der Waals surface area contributed by atoms with Crippen molar-refractivity contribution in [2.45, 2.75) is 18.4 Å². The van der Waals surface area contributed by atoms with Crippen molar-refractivity contribution in [1.82, 2.24) is 4.98 Å². The molecule has 0 bridgehead atoms. The maximum atomic E-state index is 13.3. The van der Waals surface area contributed by atoms with Gasteiger partial charge in [0, 0.05) is 38.2 Å². The number of nitrogens with zero attached hydrogens (tertiary/aromatic N) is 2. The van der Waals surface area contributed by atoms with Crippen LogP contribution in [0.15, 0.2) is 42.6 Å². The Balaban J connectivity index is 1.76. The molecule has 0 saturated carbocycles. The highest BCUT2D eigenvalue weighted by atomic mass is 19.1. The molecule has 0 aliphatic carbocycles. The van der Waals surface area contributed by atoms with E-state index in [1.807, 2.05) is 4.90 Å². The third-order valence-corrected chi connectivity index (χ3v) is 4.39. The number of hydrogen-bond acceptors (Lipinski definition) is 5. The van der Waals surface area contributed by atoms with E-state index < -0.39 is 23.4 Å². The number of benzene rings is 1. The molecule has 0 spiro atoms. The molecule has 2 heterocycles. The number of hydrogen-bond donors (Lipinski definition) is 2. The maximum Gasteiger partial charge on any atom is 0.348 e. The lowest BCUT2D eigenvalue weighted by Crippen LogP contribution is -2.53. The molecule has 1 aliphatic heterocycles. The molecule has 1 aromatic carbocycles. The van der Waals surface area contributed by atoms with Crippen molar-refractivity contribution in [1.29, 1.82) is 0 Å². The predicted octanol–water partition coefficient (Wildman–Crippen LogP) is 2.42. The number of aromatic nitrogens is 1. The van der Waals surface area contributed by atoms with E-state index in [-0.39, 0.29) is 24.2 Å². The zero-order valence-electron chi connectivity index (χ0n) is 13.8. The smallest absolute Gasteiger partial charge is 0.348 e. The molecule has 136 valence electrons. The largest absolute Gasteiger partial charge is 0.478 e. The third-order valence-electron chi connectivity index (χ3n) is 4.39. The molecule has 0 radical (unpaired) electrons. The van der Waals surface area contributed by atoms with Crippen LogP contribution in [0.1, 0.15) is 23.2 Å². The van der Waals surface area contributed by atoms with Crippen molar-refractivity contribution in [3.8, 4) is 5.75 Å². The highest BCUT2D eigenvalue weighted by Gasteiger charge is 2.44. The summed E-state index contributed by atoms with van der Waals surface area (Å²) in [5, 5.41) is 18.7. The van der Waals surface area contributed by atoms with Crippen LogP contribution in [0.4, 0.5) is 10.2 Å². The molecule has 1 fully saturated rings. The predicted molar refractivity (Wildman–Crippen MR) is 90.0 cm³/mol. The summed E-state index contributed by atoms with van der Waals surface area (Å²) in [4.78, 5) is 28.9. The molecular weight excluding hydrogens is 343 g/mol. The van der Waals surface area contributed by atoms with E-state index in [1.54, 1.807) is 0 Å². The van der Waals surface area contributed by atoms with Crippen molar-refractivity contribution in [2.75, 3.05) is 18.0 Å². The van der Waals surface area contributed by atoms with Crippen LogP contribution in [0, 0.1) is 5.82 Å². The number of piperidine rings is 1. The van der Waals surface area contributed by atoms with Gasteiger partial charge in [0.25, 0.3) is 0 Å². The van der Waals surface area contributed by atoms with E-state index in [4.69, 9.17) is 9.84 Å². The molecule has 2 aromatic rings. The fourth-order valence-electron chi connectivity index (χ4n) is 2.94. The van der Waals surface area contributed by atoms with Crippen LogP contribution in [-0.2, 0) is 4.79 Å². The minimum atomic E-state index is -1.46. The van der Waals surface area contributed by atoms with Gasteiger partial charge < -0.3 is 19.8 Å². The van der Waals surface area contributed by atoms with Gasteiger partial charge >= 0.3 is 11.9 Å². The quantitative estimate of drug-likeness (QED) is 0.844. The molecule has 2 N–H and O–H groups in total. The first kappa shape index (κ1) is 17.7. The molecule has 0 amide bonds. The van der Waals surface area contributed by atoms with Gasteiger partial charge in [-0.2, -0.15) is 0 Å². The van der Waals surface area contributed by atoms with Gasteiger partial charge in [0.05, 0.1) is 5.56 Å². The zero-order chi connectivity index (χ0) is 18.7. The average molecular weight is 360 g/mol. The average Bonchev–Trinajstić information content (AvgIpc) is 2.62. The maximum absolute atomic E-state index is 13.3. The second kappa shape index (κ2) is 6.99.